The number of hydrogen-bond acceptors (Lipinski definition) is 3. The molecule has 5 nitrogen and oxygen atoms in total. The predicted molar refractivity (Wildman–Crippen MR) is 181 cm³/mol. The summed E-state index contributed by atoms with van der Waals surface area (Å²) in [6.45, 7) is 13.7. The van der Waals surface area contributed by atoms with Gasteiger partial charge in [-0.15, -0.1) is 0 Å². The third kappa shape index (κ3) is 8.95. The van der Waals surface area contributed by atoms with E-state index in [9.17, 15) is 9.59 Å². The number of benzene rings is 3. The van der Waals surface area contributed by atoms with Gasteiger partial charge >= 0.3 is 5.97 Å². The first-order chi connectivity index (χ1) is 21.0. The van der Waals surface area contributed by atoms with Crippen LogP contribution in [0.5, 0.6) is 0 Å². The van der Waals surface area contributed by atoms with Gasteiger partial charge < -0.3 is 15.0 Å². The van der Waals surface area contributed by atoms with Crippen LogP contribution in [0.25, 0.3) is 0 Å². The minimum absolute atomic E-state index is 0.0260. The number of carbonyl (C=O) groups is 2. The number of carboxylic acid groups (broad SMARTS) is 1. The second-order valence-corrected chi connectivity index (χ2v) is 13.2. The van der Waals surface area contributed by atoms with E-state index >= 15 is 0 Å². The van der Waals surface area contributed by atoms with Crippen molar-refractivity contribution in [3.63, 3.8) is 0 Å². The average Bonchev–Trinajstić information content (AvgIpc) is 3.40. The minimum Gasteiger partial charge on any atom is -0.481 e. The van der Waals surface area contributed by atoms with Gasteiger partial charge in [0.15, 0.2) is 5.78 Å². The zero-order valence-corrected chi connectivity index (χ0v) is 27.1. The number of ketones is 1. The Morgan fingerprint density at radius 1 is 0.773 bits per heavy atom. The van der Waals surface area contributed by atoms with E-state index in [-0.39, 0.29) is 24.2 Å². The van der Waals surface area contributed by atoms with E-state index in [2.05, 4.69) is 95.4 Å². The Morgan fingerprint density at radius 2 is 1.34 bits per heavy atom. The van der Waals surface area contributed by atoms with Crippen molar-refractivity contribution in [3.8, 4) is 0 Å². The molecule has 3 aromatic carbocycles. The fourth-order valence-corrected chi connectivity index (χ4v) is 5.78. The van der Waals surface area contributed by atoms with Crippen LogP contribution in [-0.2, 0) is 24.2 Å². The number of nitrogens with one attached hydrogen (secondary N) is 1. The summed E-state index contributed by atoms with van der Waals surface area (Å²) >= 11 is 0. The molecule has 0 amide bonds. The Kier molecular flexibility index (Phi) is 11.2. The predicted octanol–water partition coefficient (Wildman–Crippen LogP) is 9.31. The molecule has 0 spiro atoms. The molecular formula is C39H48N2O3. The highest BCUT2D eigenvalue weighted by atomic mass is 16.4. The quantitative estimate of drug-likeness (QED) is 0.135. The number of rotatable bonds is 15. The average molecular weight is 593 g/mol. The summed E-state index contributed by atoms with van der Waals surface area (Å²) in [5, 5.41) is 12.8. The Hall–Kier alpha value is -4.12. The smallest absolute Gasteiger partial charge is 0.303 e. The Bertz CT molecular complexity index is 1480. The monoisotopic (exact) mass is 592 g/mol. The van der Waals surface area contributed by atoms with Crippen LogP contribution in [-0.4, -0.2) is 21.4 Å². The summed E-state index contributed by atoms with van der Waals surface area (Å²) in [5.41, 5.74) is 8.16. The number of aliphatic carboxylic acids is 1. The molecule has 0 saturated heterocycles. The van der Waals surface area contributed by atoms with Crippen molar-refractivity contribution in [1.29, 1.82) is 0 Å². The van der Waals surface area contributed by atoms with Crippen LogP contribution in [0.4, 0.5) is 5.69 Å². The lowest BCUT2D eigenvalue weighted by molar-refractivity contribution is -0.137. The third-order valence-corrected chi connectivity index (χ3v) is 7.93. The Balaban J connectivity index is 1.63. The van der Waals surface area contributed by atoms with Crippen molar-refractivity contribution >= 4 is 17.4 Å². The summed E-state index contributed by atoms with van der Waals surface area (Å²) in [7, 11) is 0. The molecule has 0 unspecified atom stereocenters. The number of carboxylic acids is 1. The molecule has 1 heterocycles. The number of carbonyl (C=O) groups excluding carboxylic acids is 1. The zero-order valence-electron chi connectivity index (χ0n) is 27.1. The van der Waals surface area contributed by atoms with Crippen molar-refractivity contribution < 1.29 is 14.7 Å². The Labute approximate surface area is 263 Å². The van der Waals surface area contributed by atoms with E-state index < -0.39 is 5.97 Å². The normalized spacial score (nSPS) is 11.6. The number of aromatic nitrogens is 1. The topological polar surface area (TPSA) is 71.3 Å². The lowest BCUT2D eigenvalue weighted by atomic mass is 9.93. The highest BCUT2D eigenvalue weighted by Crippen LogP contribution is 2.30. The molecule has 0 saturated carbocycles. The molecule has 2 N–H and O–H groups in total. The molecule has 4 rings (SSSR count). The Morgan fingerprint density at radius 3 is 1.84 bits per heavy atom. The van der Waals surface area contributed by atoms with Gasteiger partial charge in [-0.25, -0.2) is 0 Å². The van der Waals surface area contributed by atoms with Crippen LogP contribution < -0.4 is 5.32 Å². The molecule has 4 aromatic rings. The van der Waals surface area contributed by atoms with Gasteiger partial charge in [0.2, 0.25) is 0 Å². The fourth-order valence-electron chi connectivity index (χ4n) is 5.78. The first kappa shape index (κ1) is 32.8. The van der Waals surface area contributed by atoms with Gasteiger partial charge in [0, 0.05) is 42.2 Å². The maximum absolute atomic E-state index is 13.9. The first-order valence-electron chi connectivity index (χ1n) is 16.0. The van der Waals surface area contributed by atoms with Crippen LogP contribution in [0.15, 0.2) is 85.2 Å². The van der Waals surface area contributed by atoms with Crippen LogP contribution in [0.3, 0.4) is 0 Å². The molecular weight excluding hydrogens is 544 g/mol. The van der Waals surface area contributed by atoms with Gasteiger partial charge in [-0.2, -0.15) is 0 Å². The van der Waals surface area contributed by atoms with Crippen LogP contribution in [0.1, 0.15) is 110 Å². The number of aryl methyl sites for hydroxylation is 1. The molecule has 0 aliphatic carbocycles. The van der Waals surface area contributed by atoms with Crippen molar-refractivity contribution in [1.82, 2.24) is 4.57 Å². The van der Waals surface area contributed by atoms with Gasteiger partial charge in [0.05, 0.1) is 6.04 Å². The van der Waals surface area contributed by atoms with Crippen LogP contribution in [0, 0.1) is 11.8 Å². The third-order valence-electron chi connectivity index (χ3n) is 7.93. The zero-order chi connectivity index (χ0) is 31.8. The highest BCUT2D eigenvalue weighted by Gasteiger charge is 2.20. The number of anilines is 1. The molecule has 0 bridgehead atoms. The van der Waals surface area contributed by atoms with Gasteiger partial charge in [-0.05, 0) is 77.0 Å². The summed E-state index contributed by atoms with van der Waals surface area (Å²) in [4.78, 5) is 24.9. The molecule has 0 aliphatic rings. The van der Waals surface area contributed by atoms with Gasteiger partial charge in [0.25, 0.3) is 0 Å². The molecule has 0 atom stereocenters. The van der Waals surface area contributed by atoms with Gasteiger partial charge in [-0.3, -0.25) is 9.59 Å². The summed E-state index contributed by atoms with van der Waals surface area (Å²) in [6.07, 6.45) is 6.59. The maximum atomic E-state index is 13.9. The van der Waals surface area contributed by atoms with Gasteiger partial charge in [-0.1, -0.05) is 102 Å². The van der Waals surface area contributed by atoms with Crippen molar-refractivity contribution in [2.24, 2.45) is 11.8 Å². The van der Waals surface area contributed by atoms with E-state index in [0.717, 1.165) is 24.1 Å². The van der Waals surface area contributed by atoms with E-state index in [1.807, 2.05) is 41.2 Å². The highest BCUT2D eigenvalue weighted by molar-refractivity contribution is 6.10. The van der Waals surface area contributed by atoms with E-state index in [1.54, 1.807) is 0 Å². The van der Waals surface area contributed by atoms with Crippen molar-refractivity contribution in [3.05, 3.63) is 124 Å². The maximum Gasteiger partial charge on any atom is 0.303 e. The molecule has 1 aromatic heterocycles. The fraction of sp³-hybridized carbons (Fsp3) is 0.385. The molecule has 0 aliphatic heterocycles. The number of nitrogens with zero attached hydrogens (tertiary/aromatic N) is 1. The summed E-state index contributed by atoms with van der Waals surface area (Å²) in [5.74, 6) is 0.528. The van der Waals surface area contributed by atoms with Crippen LogP contribution in [0.2, 0.25) is 0 Å². The molecule has 232 valence electrons. The SMILES string of the molecule is CC(C)Cc1ccc(C(Nc2cccc(C(=O)c3cn(CCCC(=O)O)cc3C(C)C)c2)c2ccc(CC(C)C)cc2)cc1. The molecule has 0 radical (unpaired) electrons. The number of hydrogen-bond donors (Lipinski definition) is 2. The van der Waals surface area contributed by atoms with E-state index in [0.29, 0.717) is 35.9 Å². The lowest BCUT2D eigenvalue weighted by Gasteiger charge is -2.22. The molecule has 5 heteroatoms. The second-order valence-electron chi connectivity index (χ2n) is 13.2. The largest absolute Gasteiger partial charge is 0.481 e. The molecule has 0 fully saturated rings. The van der Waals surface area contributed by atoms with Crippen LogP contribution >= 0.6 is 0 Å². The van der Waals surface area contributed by atoms with Crippen molar-refractivity contribution in [2.45, 2.75) is 85.7 Å². The second kappa shape index (κ2) is 15.1. The van der Waals surface area contributed by atoms with Gasteiger partial charge in [0.1, 0.15) is 0 Å². The van der Waals surface area contributed by atoms with E-state index in [1.165, 1.54) is 22.3 Å². The summed E-state index contributed by atoms with van der Waals surface area (Å²) in [6, 6.07) is 25.5. The minimum atomic E-state index is -0.807. The standard InChI is InChI=1S/C39H48N2O3/c1-26(2)21-29-12-16-31(17-13-29)38(32-18-14-30(15-19-32)22-27(3)4)40-34-10-7-9-33(23-34)39(44)36-25-41(20-8-11-37(42)43)24-35(36)28(5)6/h7,9-10,12-19,23-28,38,40H,8,11,20-22H2,1-6H3,(H,42,43). The van der Waals surface area contributed by atoms with E-state index in [4.69, 9.17) is 5.11 Å². The first-order valence-corrected chi connectivity index (χ1v) is 16.0. The summed E-state index contributed by atoms with van der Waals surface area (Å²) < 4.78 is 1.95. The lowest BCUT2D eigenvalue weighted by Crippen LogP contribution is -2.13. The van der Waals surface area contributed by atoms with Crippen molar-refractivity contribution in [2.75, 3.05) is 5.32 Å². The molecule has 44 heavy (non-hydrogen) atoms.